The maximum absolute atomic E-state index is 11.9. The van der Waals surface area contributed by atoms with E-state index in [1.807, 2.05) is 25.1 Å². The number of amides is 1. The summed E-state index contributed by atoms with van der Waals surface area (Å²) < 4.78 is 0. The predicted octanol–water partition coefficient (Wildman–Crippen LogP) is 3.42. The second-order valence-electron chi connectivity index (χ2n) is 5.68. The second kappa shape index (κ2) is 9.40. The lowest BCUT2D eigenvalue weighted by molar-refractivity contribution is -0.116. The molecule has 0 aromatic heterocycles. The van der Waals surface area contributed by atoms with Crippen LogP contribution in [0.15, 0.2) is 18.2 Å². The smallest absolute Gasteiger partial charge is 0.224 e. The van der Waals surface area contributed by atoms with Gasteiger partial charge < -0.3 is 16.0 Å². The van der Waals surface area contributed by atoms with E-state index in [9.17, 15) is 4.79 Å². The molecule has 0 unspecified atom stereocenters. The zero-order chi connectivity index (χ0) is 15.7. The number of carbonyl (C=O) groups is 1. The number of hydrogen-bond acceptors (Lipinski definition) is 3. The molecular formula is C17H29N3O. The molecule has 0 spiro atoms. The molecule has 0 radical (unpaired) electrons. The van der Waals surface area contributed by atoms with Crippen LogP contribution in [-0.2, 0) is 4.79 Å². The molecule has 1 rings (SSSR count). The van der Waals surface area contributed by atoms with Crippen molar-refractivity contribution in [3.63, 3.8) is 0 Å². The number of hydrogen-bond donors (Lipinski definition) is 2. The summed E-state index contributed by atoms with van der Waals surface area (Å²) >= 11 is 0. The van der Waals surface area contributed by atoms with Gasteiger partial charge in [0.2, 0.25) is 5.91 Å². The number of nitrogens with zero attached hydrogens (tertiary/aromatic N) is 1. The quantitative estimate of drug-likeness (QED) is 0.541. The molecule has 4 nitrogen and oxygen atoms in total. The Morgan fingerprint density at radius 3 is 2.67 bits per heavy atom. The third-order valence-electron chi connectivity index (χ3n) is 3.74. The number of nitrogens with one attached hydrogen (secondary N) is 1. The molecule has 118 valence electrons. The number of unbranched alkanes of at least 4 members (excludes halogenated alkanes) is 2. The molecule has 3 N–H and O–H groups in total. The molecule has 1 amide bonds. The summed E-state index contributed by atoms with van der Waals surface area (Å²) in [6, 6.07) is 5.59. The van der Waals surface area contributed by atoms with Crippen molar-refractivity contribution < 1.29 is 4.79 Å². The van der Waals surface area contributed by atoms with Crippen molar-refractivity contribution in [3.8, 4) is 0 Å². The Bertz CT molecular complexity index is 446. The first-order valence-electron chi connectivity index (χ1n) is 7.88. The minimum absolute atomic E-state index is 0.0608. The fraction of sp³-hybridized carbons (Fsp3) is 0.588. The SMILES string of the molecule is CCCCCN(C)CCCC(=O)Nc1cccc(N)c1C. The van der Waals surface area contributed by atoms with Crippen molar-refractivity contribution >= 4 is 17.3 Å². The average molecular weight is 291 g/mol. The highest BCUT2D eigenvalue weighted by atomic mass is 16.1. The Morgan fingerprint density at radius 1 is 1.24 bits per heavy atom. The van der Waals surface area contributed by atoms with E-state index in [2.05, 4.69) is 24.2 Å². The number of nitrogen functional groups attached to an aromatic ring is 1. The summed E-state index contributed by atoms with van der Waals surface area (Å²) in [6.45, 7) is 6.21. The van der Waals surface area contributed by atoms with Crippen molar-refractivity contribution in [2.75, 3.05) is 31.2 Å². The van der Waals surface area contributed by atoms with Crippen molar-refractivity contribution in [2.24, 2.45) is 0 Å². The topological polar surface area (TPSA) is 58.4 Å². The highest BCUT2D eigenvalue weighted by Gasteiger charge is 2.07. The van der Waals surface area contributed by atoms with E-state index in [0.29, 0.717) is 12.1 Å². The highest BCUT2D eigenvalue weighted by Crippen LogP contribution is 2.20. The molecule has 4 heteroatoms. The van der Waals surface area contributed by atoms with Crippen LogP contribution in [0.4, 0.5) is 11.4 Å². The zero-order valence-electron chi connectivity index (χ0n) is 13.6. The van der Waals surface area contributed by atoms with Crippen LogP contribution in [0.2, 0.25) is 0 Å². The van der Waals surface area contributed by atoms with Crippen LogP contribution in [0.25, 0.3) is 0 Å². The van der Waals surface area contributed by atoms with Gasteiger partial charge in [-0.15, -0.1) is 0 Å². The Morgan fingerprint density at radius 2 is 1.95 bits per heavy atom. The first-order valence-corrected chi connectivity index (χ1v) is 7.88. The largest absolute Gasteiger partial charge is 0.398 e. The third-order valence-corrected chi connectivity index (χ3v) is 3.74. The minimum atomic E-state index is 0.0608. The summed E-state index contributed by atoms with van der Waals surface area (Å²) in [5.41, 5.74) is 8.30. The molecule has 0 fully saturated rings. The van der Waals surface area contributed by atoms with Crippen LogP contribution in [0.5, 0.6) is 0 Å². The van der Waals surface area contributed by atoms with Crippen molar-refractivity contribution in [1.82, 2.24) is 4.90 Å². The summed E-state index contributed by atoms with van der Waals surface area (Å²) in [5, 5.41) is 2.94. The molecule has 0 bridgehead atoms. The Hall–Kier alpha value is -1.55. The molecule has 0 aliphatic carbocycles. The highest BCUT2D eigenvalue weighted by molar-refractivity contribution is 5.92. The van der Waals surface area contributed by atoms with Crippen molar-refractivity contribution in [2.45, 2.75) is 46.0 Å². The molecule has 0 saturated carbocycles. The molecule has 21 heavy (non-hydrogen) atoms. The first kappa shape index (κ1) is 17.5. The van der Waals surface area contributed by atoms with E-state index < -0.39 is 0 Å². The van der Waals surface area contributed by atoms with Crippen molar-refractivity contribution in [1.29, 1.82) is 0 Å². The normalized spacial score (nSPS) is 10.9. The Balaban J connectivity index is 2.26. The standard InChI is InChI=1S/C17H29N3O/c1-4-5-6-12-20(3)13-8-11-17(21)19-16-10-7-9-15(18)14(16)2/h7,9-10H,4-6,8,11-13,18H2,1-3H3,(H,19,21). The van der Waals surface area contributed by atoms with Gasteiger partial charge in [-0.3, -0.25) is 4.79 Å². The van der Waals surface area contributed by atoms with Gasteiger partial charge in [0.05, 0.1) is 0 Å². The molecule has 0 aliphatic heterocycles. The van der Waals surface area contributed by atoms with E-state index in [1.165, 1.54) is 19.3 Å². The molecule has 0 saturated heterocycles. The Labute approximate surface area is 128 Å². The van der Waals surface area contributed by atoms with Gasteiger partial charge in [-0.1, -0.05) is 25.8 Å². The van der Waals surface area contributed by atoms with Gasteiger partial charge in [0.25, 0.3) is 0 Å². The van der Waals surface area contributed by atoms with Gasteiger partial charge in [0.1, 0.15) is 0 Å². The summed E-state index contributed by atoms with van der Waals surface area (Å²) in [6.07, 6.45) is 5.19. The molecular weight excluding hydrogens is 262 g/mol. The number of benzene rings is 1. The van der Waals surface area contributed by atoms with E-state index in [-0.39, 0.29) is 5.91 Å². The minimum Gasteiger partial charge on any atom is -0.398 e. The van der Waals surface area contributed by atoms with Gasteiger partial charge in [0.15, 0.2) is 0 Å². The van der Waals surface area contributed by atoms with Crippen LogP contribution in [0.1, 0.15) is 44.6 Å². The maximum atomic E-state index is 11.9. The van der Waals surface area contributed by atoms with Crippen LogP contribution in [0, 0.1) is 6.92 Å². The lowest BCUT2D eigenvalue weighted by Gasteiger charge is -2.16. The fourth-order valence-corrected chi connectivity index (χ4v) is 2.25. The third kappa shape index (κ3) is 6.63. The number of rotatable bonds is 9. The number of nitrogens with two attached hydrogens (primary N) is 1. The molecule has 0 aliphatic rings. The van der Waals surface area contributed by atoms with E-state index >= 15 is 0 Å². The van der Waals surface area contributed by atoms with Gasteiger partial charge in [-0.25, -0.2) is 0 Å². The predicted molar refractivity (Wildman–Crippen MR) is 90.5 cm³/mol. The summed E-state index contributed by atoms with van der Waals surface area (Å²) in [5.74, 6) is 0.0608. The van der Waals surface area contributed by atoms with Gasteiger partial charge in [0, 0.05) is 17.8 Å². The molecule has 0 heterocycles. The van der Waals surface area contributed by atoms with Gasteiger partial charge in [-0.05, 0) is 57.6 Å². The van der Waals surface area contributed by atoms with Crippen LogP contribution in [0.3, 0.4) is 0 Å². The first-order chi connectivity index (χ1) is 10.0. The number of anilines is 2. The van der Waals surface area contributed by atoms with E-state index in [0.717, 1.165) is 30.8 Å². The number of carbonyl (C=O) groups excluding carboxylic acids is 1. The lowest BCUT2D eigenvalue weighted by Crippen LogP contribution is -2.22. The second-order valence-corrected chi connectivity index (χ2v) is 5.68. The average Bonchev–Trinajstić information content (AvgIpc) is 2.44. The van der Waals surface area contributed by atoms with E-state index in [1.54, 1.807) is 0 Å². The fourth-order valence-electron chi connectivity index (χ4n) is 2.25. The van der Waals surface area contributed by atoms with Gasteiger partial charge >= 0.3 is 0 Å². The van der Waals surface area contributed by atoms with Crippen LogP contribution < -0.4 is 11.1 Å². The van der Waals surface area contributed by atoms with Crippen molar-refractivity contribution in [3.05, 3.63) is 23.8 Å². The van der Waals surface area contributed by atoms with Crippen LogP contribution in [-0.4, -0.2) is 30.9 Å². The summed E-state index contributed by atoms with van der Waals surface area (Å²) in [4.78, 5) is 14.2. The van der Waals surface area contributed by atoms with Gasteiger partial charge in [-0.2, -0.15) is 0 Å². The Kier molecular flexibility index (Phi) is 7.83. The molecule has 1 aromatic carbocycles. The lowest BCUT2D eigenvalue weighted by atomic mass is 10.1. The maximum Gasteiger partial charge on any atom is 0.224 e. The van der Waals surface area contributed by atoms with E-state index in [4.69, 9.17) is 5.73 Å². The summed E-state index contributed by atoms with van der Waals surface area (Å²) in [7, 11) is 2.12. The molecule has 1 aromatic rings. The monoisotopic (exact) mass is 291 g/mol. The molecule has 0 atom stereocenters. The zero-order valence-corrected chi connectivity index (χ0v) is 13.6. The van der Waals surface area contributed by atoms with Crippen LogP contribution >= 0.6 is 0 Å².